The van der Waals surface area contributed by atoms with E-state index >= 15 is 0 Å². The minimum absolute atomic E-state index is 0.0185. The van der Waals surface area contributed by atoms with Gasteiger partial charge in [0.15, 0.2) is 0 Å². The highest BCUT2D eigenvalue weighted by atomic mass is 16.4. The Labute approximate surface area is 141 Å². The number of benzene rings is 1. The first-order valence-corrected chi connectivity index (χ1v) is 7.63. The summed E-state index contributed by atoms with van der Waals surface area (Å²) >= 11 is 0. The summed E-state index contributed by atoms with van der Waals surface area (Å²) in [5.41, 5.74) is 0.513. The monoisotopic (exact) mass is 338 g/mol. The van der Waals surface area contributed by atoms with E-state index in [1.807, 2.05) is 6.07 Å². The molecule has 0 fully saturated rings. The molecular formula is C17H14N4O4. The summed E-state index contributed by atoms with van der Waals surface area (Å²) in [6.07, 6.45) is 1.66. The molecule has 126 valence electrons. The van der Waals surface area contributed by atoms with E-state index in [0.29, 0.717) is 23.8 Å². The third kappa shape index (κ3) is 2.57. The van der Waals surface area contributed by atoms with Crippen molar-refractivity contribution in [2.75, 3.05) is 0 Å². The summed E-state index contributed by atoms with van der Waals surface area (Å²) < 4.78 is 6.71. The van der Waals surface area contributed by atoms with Crippen molar-refractivity contribution in [3.8, 4) is 11.5 Å². The quantitative estimate of drug-likeness (QED) is 0.739. The molecule has 0 saturated carbocycles. The van der Waals surface area contributed by atoms with Gasteiger partial charge in [-0.05, 0) is 24.6 Å². The van der Waals surface area contributed by atoms with Crippen LogP contribution >= 0.6 is 0 Å². The zero-order valence-electron chi connectivity index (χ0n) is 13.2. The fourth-order valence-electron chi connectivity index (χ4n) is 2.99. The third-order valence-corrected chi connectivity index (χ3v) is 4.07. The molecule has 0 unspecified atom stereocenters. The number of hydrogen-bond donors (Lipinski definition) is 2. The van der Waals surface area contributed by atoms with Crippen molar-refractivity contribution in [2.45, 2.75) is 19.4 Å². The third-order valence-electron chi connectivity index (χ3n) is 4.07. The molecule has 1 atom stereocenters. The number of fused-ring (bicyclic) bond motifs is 1. The maximum absolute atomic E-state index is 12.2. The SMILES string of the molecule is Cc1cc(O)c(C2=Nc3ncnn3[C@H](c3cccc(O)c3)C2)c(=O)o1. The van der Waals surface area contributed by atoms with Crippen LogP contribution in [0.2, 0.25) is 0 Å². The van der Waals surface area contributed by atoms with Crippen LogP contribution in [0.25, 0.3) is 0 Å². The Morgan fingerprint density at radius 1 is 1.28 bits per heavy atom. The molecule has 1 aliphatic heterocycles. The Morgan fingerprint density at radius 3 is 2.88 bits per heavy atom. The Balaban J connectivity index is 1.86. The van der Waals surface area contributed by atoms with Gasteiger partial charge >= 0.3 is 5.63 Å². The molecule has 8 nitrogen and oxygen atoms in total. The molecular weight excluding hydrogens is 324 g/mol. The van der Waals surface area contributed by atoms with Crippen molar-refractivity contribution >= 4 is 11.7 Å². The van der Waals surface area contributed by atoms with E-state index in [2.05, 4.69) is 15.1 Å². The minimum Gasteiger partial charge on any atom is -0.508 e. The number of phenolic OH excluding ortho intramolecular Hbond substituents is 1. The molecule has 25 heavy (non-hydrogen) atoms. The lowest BCUT2D eigenvalue weighted by Crippen LogP contribution is -2.25. The first-order chi connectivity index (χ1) is 12.0. The molecule has 0 saturated heterocycles. The van der Waals surface area contributed by atoms with Crippen LogP contribution in [0.4, 0.5) is 5.95 Å². The standard InChI is InChI=1S/C17H14N4O4/c1-9-5-14(23)15(16(24)25-9)12-7-13(10-3-2-4-11(22)6-10)21-17(20-12)18-8-19-21/h2-6,8,13,22-23H,7H2,1H3/t13-/m0/s1. The summed E-state index contributed by atoms with van der Waals surface area (Å²) in [6, 6.07) is 7.82. The van der Waals surface area contributed by atoms with Crippen molar-refractivity contribution in [3.05, 3.63) is 64.0 Å². The zero-order valence-corrected chi connectivity index (χ0v) is 13.2. The van der Waals surface area contributed by atoms with E-state index in [1.165, 1.54) is 12.4 Å². The van der Waals surface area contributed by atoms with Gasteiger partial charge in [-0.15, -0.1) is 0 Å². The molecule has 0 amide bonds. The number of hydrogen-bond acceptors (Lipinski definition) is 7. The van der Waals surface area contributed by atoms with Crippen molar-refractivity contribution < 1.29 is 14.6 Å². The summed E-state index contributed by atoms with van der Waals surface area (Å²) in [5, 5.41) is 24.1. The normalized spacial score (nSPS) is 16.4. The highest BCUT2D eigenvalue weighted by molar-refractivity contribution is 6.04. The molecule has 0 spiro atoms. The lowest BCUT2D eigenvalue weighted by atomic mass is 9.96. The average Bonchev–Trinajstić information content (AvgIpc) is 3.01. The van der Waals surface area contributed by atoms with Gasteiger partial charge in [-0.3, -0.25) is 0 Å². The van der Waals surface area contributed by atoms with E-state index in [4.69, 9.17) is 4.42 Å². The summed E-state index contributed by atoms with van der Waals surface area (Å²) in [7, 11) is 0. The topological polar surface area (TPSA) is 114 Å². The van der Waals surface area contributed by atoms with Crippen LogP contribution in [0.15, 0.2) is 50.9 Å². The van der Waals surface area contributed by atoms with Gasteiger partial charge in [-0.1, -0.05) is 12.1 Å². The number of aliphatic imine (C=N–C) groups is 1. The fraction of sp³-hybridized carbons (Fsp3) is 0.176. The second kappa shape index (κ2) is 5.59. The number of aryl methyl sites for hydroxylation is 1. The summed E-state index contributed by atoms with van der Waals surface area (Å²) in [4.78, 5) is 20.7. The molecule has 4 rings (SSSR count). The second-order valence-electron chi connectivity index (χ2n) is 5.78. The van der Waals surface area contributed by atoms with Crippen molar-refractivity contribution in [1.29, 1.82) is 0 Å². The fourth-order valence-corrected chi connectivity index (χ4v) is 2.99. The van der Waals surface area contributed by atoms with Crippen LogP contribution in [0, 0.1) is 6.92 Å². The van der Waals surface area contributed by atoms with Crippen LogP contribution in [0.1, 0.15) is 29.3 Å². The average molecular weight is 338 g/mol. The first-order valence-electron chi connectivity index (χ1n) is 7.63. The zero-order chi connectivity index (χ0) is 17.6. The second-order valence-corrected chi connectivity index (χ2v) is 5.78. The Morgan fingerprint density at radius 2 is 2.12 bits per heavy atom. The van der Waals surface area contributed by atoms with Gasteiger partial charge < -0.3 is 14.6 Å². The molecule has 0 bridgehead atoms. The highest BCUT2D eigenvalue weighted by Crippen LogP contribution is 2.34. The summed E-state index contributed by atoms with van der Waals surface area (Å²) in [6.45, 7) is 1.58. The number of aromatic hydroxyl groups is 2. The van der Waals surface area contributed by atoms with Gasteiger partial charge in [0.1, 0.15) is 29.2 Å². The number of aromatic nitrogens is 3. The van der Waals surface area contributed by atoms with Gasteiger partial charge in [0.05, 0.1) is 11.8 Å². The first kappa shape index (κ1) is 15.1. The molecule has 3 heterocycles. The van der Waals surface area contributed by atoms with E-state index in [0.717, 1.165) is 5.56 Å². The molecule has 1 aromatic carbocycles. The van der Waals surface area contributed by atoms with E-state index < -0.39 is 5.63 Å². The lowest BCUT2D eigenvalue weighted by Gasteiger charge is -2.23. The van der Waals surface area contributed by atoms with Gasteiger partial charge in [0.25, 0.3) is 0 Å². The molecule has 0 radical (unpaired) electrons. The predicted octanol–water partition coefficient (Wildman–Crippen LogP) is 2.06. The highest BCUT2D eigenvalue weighted by Gasteiger charge is 2.29. The molecule has 3 aromatic rings. The van der Waals surface area contributed by atoms with Gasteiger partial charge in [-0.25, -0.2) is 14.5 Å². The van der Waals surface area contributed by atoms with E-state index in [1.54, 1.807) is 29.8 Å². The minimum atomic E-state index is -0.654. The maximum atomic E-state index is 12.2. The van der Waals surface area contributed by atoms with Crippen molar-refractivity contribution in [2.24, 2.45) is 4.99 Å². The van der Waals surface area contributed by atoms with Gasteiger partial charge in [0, 0.05) is 12.5 Å². The Hall–Kier alpha value is -3.42. The van der Waals surface area contributed by atoms with Gasteiger partial charge in [0.2, 0.25) is 5.95 Å². The Bertz CT molecular complexity index is 1050. The molecule has 2 N–H and O–H groups in total. The predicted molar refractivity (Wildman–Crippen MR) is 88.5 cm³/mol. The van der Waals surface area contributed by atoms with Crippen LogP contribution < -0.4 is 5.63 Å². The van der Waals surface area contributed by atoms with Crippen LogP contribution in [-0.4, -0.2) is 30.7 Å². The lowest BCUT2D eigenvalue weighted by molar-refractivity contribution is 0.431. The largest absolute Gasteiger partial charge is 0.508 e. The van der Waals surface area contributed by atoms with Crippen LogP contribution in [0.3, 0.4) is 0 Å². The van der Waals surface area contributed by atoms with Gasteiger partial charge in [-0.2, -0.15) is 10.1 Å². The van der Waals surface area contributed by atoms with Crippen LogP contribution in [-0.2, 0) is 0 Å². The van der Waals surface area contributed by atoms with Crippen molar-refractivity contribution in [1.82, 2.24) is 14.8 Å². The maximum Gasteiger partial charge on any atom is 0.348 e. The Kier molecular flexibility index (Phi) is 3.38. The van der Waals surface area contributed by atoms with Crippen LogP contribution in [0.5, 0.6) is 11.5 Å². The van der Waals surface area contributed by atoms with Crippen molar-refractivity contribution in [3.63, 3.8) is 0 Å². The molecule has 8 heteroatoms. The molecule has 2 aromatic heterocycles. The molecule has 1 aliphatic rings. The summed E-state index contributed by atoms with van der Waals surface area (Å²) in [5.74, 6) is 0.570. The number of rotatable bonds is 2. The van der Waals surface area contributed by atoms with E-state index in [9.17, 15) is 15.0 Å². The number of nitrogens with zero attached hydrogens (tertiary/aromatic N) is 4. The number of phenols is 1. The van der Waals surface area contributed by atoms with E-state index in [-0.39, 0.29) is 23.1 Å². The smallest absolute Gasteiger partial charge is 0.348 e. The molecule has 0 aliphatic carbocycles.